The maximum atomic E-state index is 12.1. The van der Waals surface area contributed by atoms with Crippen molar-refractivity contribution < 1.29 is 24.2 Å². The van der Waals surface area contributed by atoms with Crippen LogP contribution < -0.4 is 10.5 Å². The average molecular weight is 432 g/mol. The summed E-state index contributed by atoms with van der Waals surface area (Å²) in [5.41, 5.74) is 6.62. The maximum Gasteiger partial charge on any atom is 0.221 e. The fraction of sp³-hybridized carbons (Fsp3) is 0.429. The molecule has 5 atom stereocenters. The molecule has 1 saturated heterocycles. The van der Waals surface area contributed by atoms with Gasteiger partial charge in [-0.25, -0.2) is 0 Å². The van der Waals surface area contributed by atoms with Crippen molar-refractivity contribution >= 4 is 22.8 Å². The van der Waals surface area contributed by atoms with Crippen LogP contribution >= 0.6 is 11.8 Å². The van der Waals surface area contributed by atoms with E-state index in [1.807, 2.05) is 35.2 Å². The van der Waals surface area contributed by atoms with Crippen LogP contribution in [0, 0.1) is 5.92 Å². The Morgan fingerprint density at radius 3 is 2.73 bits per heavy atom. The van der Waals surface area contributed by atoms with Gasteiger partial charge in [0.25, 0.3) is 0 Å². The second-order valence-corrected chi connectivity index (χ2v) is 8.67. The highest BCUT2D eigenvalue weighted by Crippen LogP contribution is 2.44. The zero-order valence-corrected chi connectivity index (χ0v) is 17.4. The minimum atomic E-state index is -1.02. The number of amides is 1. The SMILES string of the molecule is COc1ccc(CN2C(=NCc3ccco3)S[C@H]3[C@@H]2[C@@H](O)[C@H](O)C[C@@H]3C(N)=O)cc1. The molecule has 0 spiro atoms. The highest BCUT2D eigenvalue weighted by Gasteiger charge is 2.54. The first-order chi connectivity index (χ1) is 14.5. The highest BCUT2D eigenvalue weighted by molar-refractivity contribution is 8.14. The van der Waals surface area contributed by atoms with Crippen LogP contribution in [-0.2, 0) is 17.9 Å². The van der Waals surface area contributed by atoms with E-state index in [4.69, 9.17) is 19.9 Å². The van der Waals surface area contributed by atoms with E-state index in [0.717, 1.165) is 17.1 Å². The monoisotopic (exact) mass is 431 g/mol. The summed E-state index contributed by atoms with van der Waals surface area (Å²) in [4.78, 5) is 18.7. The Bertz CT molecular complexity index is 902. The second kappa shape index (κ2) is 8.71. The molecule has 9 heteroatoms. The van der Waals surface area contributed by atoms with Crippen LogP contribution in [0.5, 0.6) is 5.75 Å². The molecule has 4 N–H and O–H groups in total. The van der Waals surface area contributed by atoms with Crippen LogP contribution in [-0.4, -0.2) is 56.8 Å². The van der Waals surface area contributed by atoms with Crippen molar-refractivity contribution in [2.75, 3.05) is 7.11 Å². The maximum absolute atomic E-state index is 12.1. The molecule has 1 saturated carbocycles. The summed E-state index contributed by atoms with van der Waals surface area (Å²) >= 11 is 1.43. The Morgan fingerprint density at radius 1 is 1.33 bits per heavy atom. The van der Waals surface area contributed by atoms with Gasteiger partial charge in [-0.3, -0.25) is 9.79 Å². The van der Waals surface area contributed by atoms with E-state index in [2.05, 4.69) is 0 Å². The summed E-state index contributed by atoms with van der Waals surface area (Å²) in [5, 5.41) is 21.6. The van der Waals surface area contributed by atoms with Gasteiger partial charge in [-0.1, -0.05) is 23.9 Å². The van der Waals surface area contributed by atoms with Crippen molar-refractivity contribution in [3.05, 3.63) is 54.0 Å². The van der Waals surface area contributed by atoms with Gasteiger partial charge in [-0.15, -0.1) is 0 Å². The quantitative estimate of drug-likeness (QED) is 0.631. The van der Waals surface area contributed by atoms with E-state index < -0.39 is 30.1 Å². The van der Waals surface area contributed by atoms with Gasteiger partial charge in [0.1, 0.15) is 17.6 Å². The Balaban J connectivity index is 1.66. The minimum absolute atomic E-state index is 0.145. The zero-order chi connectivity index (χ0) is 21.3. The van der Waals surface area contributed by atoms with Crippen molar-refractivity contribution in [2.45, 2.75) is 43.0 Å². The zero-order valence-electron chi connectivity index (χ0n) is 16.5. The predicted octanol–water partition coefficient (Wildman–Crippen LogP) is 1.36. The number of carbonyl (C=O) groups is 1. The molecule has 1 amide bonds. The van der Waals surface area contributed by atoms with Crippen LogP contribution in [0.4, 0.5) is 0 Å². The summed E-state index contributed by atoms with van der Waals surface area (Å²) in [6, 6.07) is 10.8. The number of methoxy groups -OCH3 is 1. The molecule has 30 heavy (non-hydrogen) atoms. The van der Waals surface area contributed by atoms with Gasteiger partial charge in [0.05, 0.1) is 38.0 Å². The molecule has 1 aliphatic heterocycles. The van der Waals surface area contributed by atoms with Gasteiger partial charge >= 0.3 is 0 Å². The molecule has 0 radical (unpaired) electrons. The first-order valence-corrected chi connectivity index (χ1v) is 10.6. The van der Waals surface area contributed by atoms with Gasteiger partial charge in [0.2, 0.25) is 5.91 Å². The lowest BCUT2D eigenvalue weighted by Gasteiger charge is -2.41. The Labute approximate surface area is 178 Å². The molecular weight excluding hydrogens is 406 g/mol. The third kappa shape index (κ3) is 4.05. The van der Waals surface area contributed by atoms with Gasteiger partial charge < -0.3 is 30.0 Å². The first kappa shape index (κ1) is 20.8. The number of primary amides is 1. The average Bonchev–Trinajstić information content (AvgIpc) is 3.38. The largest absolute Gasteiger partial charge is 0.497 e. The Morgan fingerprint density at radius 2 is 2.10 bits per heavy atom. The van der Waals surface area contributed by atoms with Crippen LogP contribution in [0.3, 0.4) is 0 Å². The van der Waals surface area contributed by atoms with E-state index in [1.54, 1.807) is 19.4 Å². The van der Waals surface area contributed by atoms with Gasteiger partial charge in [-0.2, -0.15) is 0 Å². The number of aliphatic imine (C=N–C) groups is 1. The molecule has 2 fully saturated rings. The van der Waals surface area contributed by atoms with Crippen LogP contribution in [0.1, 0.15) is 17.7 Å². The van der Waals surface area contributed by atoms with Gasteiger partial charge in [0.15, 0.2) is 5.17 Å². The number of fused-ring (bicyclic) bond motifs is 1. The molecule has 4 rings (SSSR count). The molecule has 0 unspecified atom stereocenters. The molecule has 2 aromatic rings. The van der Waals surface area contributed by atoms with Crippen molar-refractivity contribution in [3.63, 3.8) is 0 Å². The standard InChI is InChI=1S/C21H25N3O5S/c1-28-13-6-4-12(5-7-13)11-24-17-18(26)16(25)9-15(20(22)27)19(17)30-21(24)23-10-14-3-2-8-29-14/h2-8,15-19,25-26H,9-11H2,1H3,(H2,22,27)/t15-,16+,17-,18-,19+/m0/s1. The summed E-state index contributed by atoms with van der Waals surface area (Å²) in [7, 11) is 1.61. The van der Waals surface area contributed by atoms with E-state index in [0.29, 0.717) is 18.3 Å². The van der Waals surface area contributed by atoms with Crippen molar-refractivity contribution in [1.82, 2.24) is 4.90 Å². The molecule has 0 bridgehead atoms. The smallest absolute Gasteiger partial charge is 0.221 e. The minimum Gasteiger partial charge on any atom is -0.497 e. The fourth-order valence-electron chi connectivity index (χ4n) is 4.08. The Hall–Kier alpha value is -2.49. The lowest BCUT2D eigenvalue weighted by Crippen LogP contribution is -2.58. The van der Waals surface area contributed by atoms with E-state index in [1.165, 1.54) is 11.8 Å². The lowest BCUT2D eigenvalue weighted by molar-refractivity contribution is -0.128. The van der Waals surface area contributed by atoms with Gasteiger partial charge in [0, 0.05) is 11.8 Å². The van der Waals surface area contributed by atoms with E-state index in [9.17, 15) is 15.0 Å². The molecule has 1 aliphatic carbocycles. The highest BCUT2D eigenvalue weighted by atomic mass is 32.2. The van der Waals surface area contributed by atoms with Crippen LogP contribution in [0.15, 0.2) is 52.1 Å². The number of benzene rings is 1. The van der Waals surface area contributed by atoms with Crippen molar-refractivity contribution in [3.8, 4) is 5.75 Å². The summed E-state index contributed by atoms with van der Waals surface area (Å²) in [5.74, 6) is 0.448. The number of aliphatic hydroxyl groups excluding tert-OH is 2. The lowest BCUT2D eigenvalue weighted by atomic mass is 9.80. The summed E-state index contributed by atoms with van der Waals surface area (Å²) in [6.07, 6.45) is -0.290. The molecule has 2 heterocycles. The number of thioether (sulfide) groups is 1. The predicted molar refractivity (Wildman–Crippen MR) is 113 cm³/mol. The normalized spacial score (nSPS) is 29.8. The molecule has 8 nitrogen and oxygen atoms in total. The second-order valence-electron chi connectivity index (χ2n) is 7.53. The number of amidine groups is 1. The number of ether oxygens (including phenoxy) is 1. The molecule has 1 aromatic heterocycles. The number of furan rings is 1. The number of aliphatic hydroxyl groups is 2. The molecule has 2 aliphatic rings. The molecule has 1 aromatic carbocycles. The number of hydrogen-bond donors (Lipinski definition) is 3. The van der Waals surface area contributed by atoms with Gasteiger partial charge in [-0.05, 0) is 36.2 Å². The number of nitrogens with zero attached hydrogens (tertiary/aromatic N) is 2. The topological polar surface area (TPSA) is 122 Å². The van der Waals surface area contributed by atoms with Crippen LogP contribution in [0.2, 0.25) is 0 Å². The first-order valence-electron chi connectivity index (χ1n) is 9.76. The third-order valence-electron chi connectivity index (χ3n) is 5.65. The number of rotatable bonds is 6. The Kier molecular flexibility index (Phi) is 6.03. The number of nitrogens with two attached hydrogens (primary N) is 1. The number of hydrogen-bond acceptors (Lipinski definition) is 7. The summed E-state index contributed by atoms with van der Waals surface area (Å²) in [6.45, 7) is 0.804. The summed E-state index contributed by atoms with van der Waals surface area (Å²) < 4.78 is 10.6. The van der Waals surface area contributed by atoms with E-state index in [-0.39, 0.29) is 11.7 Å². The fourth-order valence-corrected chi connectivity index (χ4v) is 5.64. The third-order valence-corrected chi connectivity index (χ3v) is 7.10. The van der Waals surface area contributed by atoms with E-state index >= 15 is 0 Å². The van der Waals surface area contributed by atoms with Crippen molar-refractivity contribution in [2.24, 2.45) is 16.6 Å². The molecular formula is C21H25N3O5S. The van der Waals surface area contributed by atoms with Crippen molar-refractivity contribution in [1.29, 1.82) is 0 Å². The number of carbonyl (C=O) groups excluding carboxylic acids is 1. The van der Waals surface area contributed by atoms with Crippen LogP contribution in [0.25, 0.3) is 0 Å². The molecule has 160 valence electrons.